The molecule has 2 bridgehead atoms. The van der Waals surface area contributed by atoms with Crippen LogP contribution in [0.3, 0.4) is 0 Å². The van der Waals surface area contributed by atoms with Crippen molar-refractivity contribution in [3.63, 3.8) is 0 Å². The lowest BCUT2D eigenvalue weighted by molar-refractivity contribution is -0.0544. The van der Waals surface area contributed by atoms with Gasteiger partial charge in [-0.15, -0.1) is 0 Å². The highest BCUT2D eigenvalue weighted by atomic mass is 16.7. The van der Waals surface area contributed by atoms with Crippen LogP contribution in [0.2, 0.25) is 0 Å². The van der Waals surface area contributed by atoms with Gasteiger partial charge in [-0.05, 0) is 24.0 Å². The number of hydrogen-bond donors (Lipinski definition) is 1. The van der Waals surface area contributed by atoms with Crippen molar-refractivity contribution in [2.75, 3.05) is 13.2 Å². The Bertz CT molecular complexity index is 864. The number of piperidine rings is 1. The second kappa shape index (κ2) is 8.02. The van der Waals surface area contributed by atoms with Crippen molar-refractivity contribution in [1.29, 1.82) is 0 Å². The standard InChI is InChI=1S/C24H27NO5/c26-23(30-16-17-4-2-1-3-5-17)25-20-10-11-21(25)15-24(27,14-20)19-8-6-18(7-9-19)22-28-12-13-29-22/h1-9,20-22,27H,10-16H2. The number of amides is 1. The molecule has 2 aromatic rings. The van der Waals surface area contributed by atoms with Crippen molar-refractivity contribution in [2.24, 2.45) is 0 Å². The summed E-state index contributed by atoms with van der Waals surface area (Å²) in [5.41, 5.74) is 1.89. The highest BCUT2D eigenvalue weighted by Gasteiger charge is 2.50. The van der Waals surface area contributed by atoms with E-state index in [9.17, 15) is 9.90 Å². The topological polar surface area (TPSA) is 68.2 Å². The summed E-state index contributed by atoms with van der Waals surface area (Å²) < 4.78 is 16.7. The van der Waals surface area contributed by atoms with Crippen LogP contribution < -0.4 is 0 Å². The first-order valence-corrected chi connectivity index (χ1v) is 10.7. The number of carbonyl (C=O) groups excluding carboxylic acids is 1. The summed E-state index contributed by atoms with van der Waals surface area (Å²) in [6.45, 7) is 1.48. The van der Waals surface area contributed by atoms with Crippen LogP contribution in [-0.4, -0.2) is 41.4 Å². The normalized spacial score (nSPS) is 28.6. The molecule has 0 radical (unpaired) electrons. The molecule has 3 heterocycles. The van der Waals surface area contributed by atoms with Crippen LogP contribution in [0.5, 0.6) is 0 Å². The molecule has 6 nitrogen and oxygen atoms in total. The zero-order valence-electron chi connectivity index (χ0n) is 16.9. The first-order valence-electron chi connectivity index (χ1n) is 10.7. The molecule has 0 saturated carbocycles. The molecule has 0 spiro atoms. The van der Waals surface area contributed by atoms with E-state index in [1.54, 1.807) is 0 Å². The Labute approximate surface area is 176 Å². The van der Waals surface area contributed by atoms with E-state index < -0.39 is 5.60 Å². The fourth-order valence-electron chi connectivity index (χ4n) is 5.05. The van der Waals surface area contributed by atoms with E-state index in [-0.39, 0.29) is 31.1 Å². The van der Waals surface area contributed by atoms with Crippen LogP contribution >= 0.6 is 0 Å². The number of ether oxygens (including phenoxy) is 3. The van der Waals surface area contributed by atoms with Gasteiger partial charge >= 0.3 is 6.09 Å². The monoisotopic (exact) mass is 409 g/mol. The molecule has 1 amide bonds. The SMILES string of the molecule is O=C(OCc1ccccc1)N1C2CCC1CC(O)(c1ccc(C3OCCO3)cc1)C2. The first kappa shape index (κ1) is 19.5. The molecular formula is C24H27NO5. The molecular weight excluding hydrogens is 382 g/mol. The Morgan fingerprint density at radius 3 is 2.27 bits per heavy atom. The molecule has 5 rings (SSSR count). The van der Waals surface area contributed by atoms with Gasteiger partial charge in [0, 0.05) is 30.5 Å². The molecule has 2 aromatic carbocycles. The van der Waals surface area contributed by atoms with Gasteiger partial charge in [0.2, 0.25) is 0 Å². The molecule has 0 aliphatic carbocycles. The van der Waals surface area contributed by atoms with Crippen LogP contribution in [0.4, 0.5) is 4.79 Å². The molecule has 3 fully saturated rings. The van der Waals surface area contributed by atoms with E-state index in [2.05, 4.69) is 0 Å². The second-order valence-corrected chi connectivity index (χ2v) is 8.47. The van der Waals surface area contributed by atoms with E-state index in [1.807, 2.05) is 59.5 Å². The fourth-order valence-corrected chi connectivity index (χ4v) is 5.05. The molecule has 2 unspecified atom stereocenters. The van der Waals surface area contributed by atoms with Gasteiger partial charge in [-0.2, -0.15) is 0 Å². The summed E-state index contributed by atoms with van der Waals surface area (Å²) in [6, 6.07) is 17.6. The van der Waals surface area contributed by atoms with Gasteiger partial charge in [-0.25, -0.2) is 4.79 Å². The van der Waals surface area contributed by atoms with E-state index in [1.165, 1.54) is 0 Å². The van der Waals surface area contributed by atoms with Crippen molar-refractivity contribution < 1.29 is 24.1 Å². The quantitative estimate of drug-likeness (QED) is 0.830. The minimum Gasteiger partial charge on any atom is -0.445 e. The Hall–Kier alpha value is -2.41. The largest absolute Gasteiger partial charge is 0.445 e. The number of carbonyl (C=O) groups is 1. The molecule has 1 N–H and O–H groups in total. The highest BCUT2D eigenvalue weighted by molar-refractivity contribution is 5.69. The van der Waals surface area contributed by atoms with Gasteiger partial charge in [0.05, 0.1) is 18.8 Å². The number of fused-ring (bicyclic) bond motifs is 2. The van der Waals surface area contributed by atoms with Crippen molar-refractivity contribution in [1.82, 2.24) is 4.90 Å². The lowest BCUT2D eigenvalue weighted by atomic mass is 9.80. The summed E-state index contributed by atoms with van der Waals surface area (Å²) in [5, 5.41) is 11.4. The number of nitrogens with zero attached hydrogens (tertiary/aromatic N) is 1. The zero-order chi connectivity index (χ0) is 20.6. The Balaban J connectivity index is 1.25. The van der Waals surface area contributed by atoms with Gasteiger partial charge in [0.25, 0.3) is 0 Å². The Morgan fingerprint density at radius 2 is 1.63 bits per heavy atom. The average molecular weight is 409 g/mol. The number of rotatable bonds is 4. The highest BCUT2D eigenvalue weighted by Crippen LogP contribution is 2.46. The van der Waals surface area contributed by atoms with Crippen LogP contribution in [0.25, 0.3) is 0 Å². The molecule has 0 aromatic heterocycles. The zero-order valence-corrected chi connectivity index (χ0v) is 16.9. The van der Waals surface area contributed by atoms with E-state index in [4.69, 9.17) is 14.2 Å². The van der Waals surface area contributed by atoms with Crippen molar-refractivity contribution in [2.45, 2.75) is 56.3 Å². The minimum atomic E-state index is -0.933. The predicted molar refractivity (Wildman–Crippen MR) is 109 cm³/mol. The molecule has 2 atom stereocenters. The Morgan fingerprint density at radius 1 is 1.00 bits per heavy atom. The third-order valence-corrected chi connectivity index (χ3v) is 6.52. The molecule has 158 valence electrons. The molecule has 3 saturated heterocycles. The van der Waals surface area contributed by atoms with Crippen molar-refractivity contribution >= 4 is 6.09 Å². The summed E-state index contributed by atoms with van der Waals surface area (Å²) in [5.74, 6) is 0. The smallest absolute Gasteiger partial charge is 0.410 e. The average Bonchev–Trinajstić information content (AvgIpc) is 3.40. The maximum atomic E-state index is 12.8. The molecule has 3 aliphatic heterocycles. The lowest BCUT2D eigenvalue weighted by Crippen LogP contribution is -2.52. The maximum Gasteiger partial charge on any atom is 0.410 e. The number of hydrogen-bond acceptors (Lipinski definition) is 5. The van der Waals surface area contributed by atoms with Crippen LogP contribution in [-0.2, 0) is 26.4 Å². The maximum absolute atomic E-state index is 12.8. The van der Waals surface area contributed by atoms with E-state index in [0.29, 0.717) is 26.1 Å². The van der Waals surface area contributed by atoms with E-state index in [0.717, 1.165) is 29.5 Å². The second-order valence-electron chi connectivity index (χ2n) is 8.47. The van der Waals surface area contributed by atoms with Gasteiger partial charge < -0.3 is 24.2 Å². The summed E-state index contributed by atoms with van der Waals surface area (Å²) in [4.78, 5) is 14.6. The van der Waals surface area contributed by atoms with Crippen LogP contribution in [0.1, 0.15) is 48.7 Å². The van der Waals surface area contributed by atoms with Crippen LogP contribution in [0, 0.1) is 0 Å². The minimum absolute atomic E-state index is 0.00167. The van der Waals surface area contributed by atoms with Crippen molar-refractivity contribution in [3.05, 3.63) is 71.3 Å². The predicted octanol–water partition coefficient (Wildman–Crippen LogP) is 3.88. The van der Waals surface area contributed by atoms with Gasteiger partial charge in [-0.1, -0.05) is 54.6 Å². The van der Waals surface area contributed by atoms with Gasteiger partial charge in [-0.3, -0.25) is 0 Å². The first-order chi connectivity index (χ1) is 14.6. The third kappa shape index (κ3) is 3.71. The fraction of sp³-hybridized carbons (Fsp3) is 0.458. The number of aliphatic hydroxyl groups is 1. The Kier molecular flexibility index (Phi) is 5.23. The lowest BCUT2D eigenvalue weighted by Gasteiger charge is -2.43. The summed E-state index contributed by atoms with van der Waals surface area (Å²) in [7, 11) is 0. The van der Waals surface area contributed by atoms with Gasteiger partial charge in [0.15, 0.2) is 6.29 Å². The molecule has 30 heavy (non-hydrogen) atoms. The summed E-state index contributed by atoms with van der Waals surface area (Å²) in [6.07, 6.45) is 2.26. The van der Waals surface area contributed by atoms with Crippen LogP contribution in [0.15, 0.2) is 54.6 Å². The number of benzene rings is 2. The third-order valence-electron chi connectivity index (χ3n) is 6.52. The molecule has 6 heteroatoms. The van der Waals surface area contributed by atoms with Crippen molar-refractivity contribution in [3.8, 4) is 0 Å². The molecule has 3 aliphatic rings. The van der Waals surface area contributed by atoms with Gasteiger partial charge in [0.1, 0.15) is 6.61 Å². The summed E-state index contributed by atoms with van der Waals surface area (Å²) >= 11 is 0. The van der Waals surface area contributed by atoms with E-state index >= 15 is 0 Å².